The Morgan fingerprint density at radius 1 is 1.05 bits per heavy atom. The summed E-state index contributed by atoms with van der Waals surface area (Å²) in [6.45, 7) is 2.14. The summed E-state index contributed by atoms with van der Waals surface area (Å²) in [5.74, 6) is 2.18. The quantitative estimate of drug-likeness (QED) is 0.775. The summed E-state index contributed by atoms with van der Waals surface area (Å²) in [6.07, 6.45) is 3.19. The van der Waals surface area contributed by atoms with Gasteiger partial charge in [0.1, 0.15) is 0 Å². The van der Waals surface area contributed by atoms with E-state index in [1.807, 2.05) is 0 Å². The summed E-state index contributed by atoms with van der Waals surface area (Å²) in [5, 5.41) is 0. The van der Waals surface area contributed by atoms with Crippen LogP contribution in [0.15, 0.2) is 12.1 Å². The van der Waals surface area contributed by atoms with Gasteiger partial charge >= 0.3 is 0 Å². The summed E-state index contributed by atoms with van der Waals surface area (Å²) in [7, 11) is 4.66. The van der Waals surface area contributed by atoms with E-state index in [-0.39, 0.29) is 11.7 Å². The zero-order valence-corrected chi connectivity index (χ0v) is 12.6. The van der Waals surface area contributed by atoms with Crippen LogP contribution in [0.5, 0.6) is 17.2 Å². The van der Waals surface area contributed by atoms with E-state index >= 15 is 0 Å². The first-order chi connectivity index (χ1) is 9.63. The fourth-order valence-electron chi connectivity index (χ4n) is 3.03. The van der Waals surface area contributed by atoms with Crippen LogP contribution >= 0.6 is 0 Å². The third-order valence-electron chi connectivity index (χ3n) is 4.17. The Morgan fingerprint density at radius 3 is 2.25 bits per heavy atom. The van der Waals surface area contributed by atoms with Gasteiger partial charge < -0.3 is 14.2 Å². The molecule has 0 spiro atoms. The molecule has 0 radical (unpaired) electrons. The van der Waals surface area contributed by atoms with Crippen LogP contribution in [0.3, 0.4) is 0 Å². The summed E-state index contributed by atoms with van der Waals surface area (Å²) in [4.78, 5) is 12.7. The molecule has 0 aliphatic heterocycles. The molecule has 110 valence electrons. The lowest BCUT2D eigenvalue weighted by atomic mass is 9.89. The minimum absolute atomic E-state index is 0.0852. The molecule has 2 unspecified atom stereocenters. The normalized spacial score (nSPS) is 21.6. The van der Waals surface area contributed by atoms with E-state index in [0.717, 1.165) is 19.3 Å². The fourth-order valence-corrected chi connectivity index (χ4v) is 3.03. The van der Waals surface area contributed by atoms with Crippen molar-refractivity contribution in [3.8, 4) is 17.2 Å². The van der Waals surface area contributed by atoms with Crippen LogP contribution in [0.25, 0.3) is 0 Å². The molecule has 0 aromatic heterocycles. The van der Waals surface area contributed by atoms with Gasteiger partial charge in [-0.25, -0.2) is 0 Å². The van der Waals surface area contributed by atoms with E-state index in [1.54, 1.807) is 33.5 Å². The number of Topliss-reactive ketones (excluding diaryl/α,β-unsaturated/α-hetero) is 1. The molecule has 0 bridgehead atoms. The maximum atomic E-state index is 12.7. The summed E-state index contributed by atoms with van der Waals surface area (Å²) >= 11 is 0. The molecule has 1 aromatic carbocycles. The van der Waals surface area contributed by atoms with Gasteiger partial charge in [0.25, 0.3) is 0 Å². The second-order valence-corrected chi connectivity index (χ2v) is 5.26. The third kappa shape index (κ3) is 2.47. The lowest BCUT2D eigenvalue weighted by molar-refractivity contribution is 0.0893. The van der Waals surface area contributed by atoms with Crippen LogP contribution in [0.4, 0.5) is 0 Å². The van der Waals surface area contributed by atoms with Gasteiger partial charge in [-0.2, -0.15) is 0 Å². The molecule has 4 heteroatoms. The van der Waals surface area contributed by atoms with Crippen molar-refractivity contribution in [2.45, 2.75) is 26.2 Å². The van der Waals surface area contributed by atoms with Crippen molar-refractivity contribution in [2.24, 2.45) is 11.8 Å². The molecule has 2 atom stereocenters. The average molecular weight is 278 g/mol. The molecule has 1 aliphatic carbocycles. The molecule has 0 saturated heterocycles. The second-order valence-electron chi connectivity index (χ2n) is 5.26. The Labute approximate surface area is 120 Å². The SMILES string of the molecule is COc1ccc(C(=O)C2CCCC2C)c(OC)c1OC. The van der Waals surface area contributed by atoms with E-state index in [0.29, 0.717) is 28.7 Å². The van der Waals surface area contributed by atoms with Gasteiger partial charge in [-0.05, 0) is 30.9 Å². The van der Waals surface area contributed by atoms with Crippen LogP contribution in [0.1, 0.15) is 36.5 Å². The van der Waals surface area contributed by atoms with E-state index in [9.17, 15) is 4.79 Å². The number of hydrogen-bond acceptors (Lipinski definition) is 4. The number of rotatable bonds is 5. The Hall–Kier alpha value is -1.71. The van der Waals surface area contributed by atoms with Gasteiger partial charge in [-0.3, -0.25) is 4.79 Å². The van der Waals surface area contributed by atoms with Crippen molar-refractivity contribution in [3.05, 3.63) is 17.7 Å². The number of benzene rings is 1. The highest BCUT2D eigenvalue weighted by Gasteiger charge is 2.33. The molecule has 1 aliphatic rings. The number of methoxy groups -OCH3 is 3. The standard InChI is InChI=1S/C16H22O4/c1-10-6-5-7-11(10)14(17)12-8-9-13(18-2)16(20-4)15(12)19-3/h8-11H,5-7H2,1-4H3. The molecule has 0 amide bonds. The zero-order chi connectivity index (χ0) is 14.7. The average Bonchev–Trinajstić information content (AvgIpc) is 2.90. The number of carbonyl (C=O) groups is 1. The first-order valence-corrected chi connectivity index (χ1v) is 6.97. The molecule has 1 fully saturated rings. The first-order valence-electron chi connectivity index (χ1n) is 6.97. The molecule has 2 rings (SSSR count). The maximum absolute atomic E-state index is 12.7. The fraction of sp³-hybridized carbons (Fsp3) is 0.562. The van der Waals surface area contributed by atoms with Crippen molar-refractivity contribution < 1.29 is 19.0 Å². The van der Waals surface area contributed by atoms with Gasteiger partial charge in [-0.1, -0.05) is 13.3 Å². The third-order valence-corrected chi connectivity index (χ3v) is 4.17. The summed E-state index contributed by atoms with van der Waals surface area (Å²) in [5.41, 5.74) is 0.587. The molecule has 0 N–H and O–H groups in total. The summed E-state index contributed by atoms with van der Waals surface area (Å²) in [6, 6.07) is 3.53. The smallest absolute Gasteiger partial charge is 0.204 e. The van der Waals surface area contributed by atoms with E-state index in [1.165, 1.54) is 0 Å². The molecular weight excluding hydrogens is 256 g/mol. The largest absolute Gasteiger partial charge is 0.493 e. The minimum atomic E-state index is 0.0852. The molecule has 1 saturated carbocycles. The second kappa shape index (κ2) is 6.16. The van der Waals surface area contributed by atoms with Gasteiger partial charge in [0.05, 0.1) is 26.9 Å². The number of ketones is 1. The van der Waals surface area contributed by atoms with Crippen molar-refractivity contribution in [2.75, 3.05) is 21.3 Å². The highest BCUT2D eigenvalue weighted by atomic mass is 16.5. The topological polar surface area (TPSA) is 44.8 Å². The van der Waals surface area contributed by atoms with Gasteiger partial charge in [0.2, 0.25) is 5.75 Å². The zero-order valence-electron chi connectivity index (χ0n) is 12.6. The highest BCUT2D eigenvalue weighted by Crippen LogP contribution is 2.42. The molecule has 0 heterocycles. The van der Waals surface area contributed by atoms with Crippen molar-refractivity contribution in [1.29, 1.82) is 0 Å². The van der Waals surface area contributed by atoms with Gasteiger partial charge in [0, 0.05) is 5.92 Å². The minimum Gasteiger partial charge on any atom is -0.493 e. The first kappa shape index (κ1) is 14.7. The number of hydrogen-bond donors (Lipinski definition) is 0. The Balaban J connectivity index is 2.43. The van der Waals surface area contributed by atoms with Crippen molar-refractivity contribution in [1.82, 2.24) is 0 Å². The Bertz CT molecular complexity index is 495. The predicted molar refractivity (Wildman–Crippen MR) is 76.9 cm³/mol. The van der Waals surface area contributed by atoms with Crippen molar-refractivity contribution in [3.63, 3.8) is 0 Å². The van der Waals surface area contributed by atoms with Crippen LogP contribution < -0.4 is 14.2 Å². The van der Waals surface area contributed by atoms with Gasteiger partial charge in [0.15, 0.2) is 17.3 Å². The van der Waals surface area contributed by atoms with Gasteiger partial charge in [-0.15, -0.1) is 0 Å². The monoisotopic (exact) mass is 278 g/mol. The molecule has 20 heavy (non-hydrogen) atoms. The van der Waals surface area contributed by atoms with E-state index < -0.39 is 0 Å². The molecule has 4 nitrogen and oxygen atoms in total. The Kier molecular flexibility index (Phi) is 4.53. The van der Waals surface area contributed by atoms with E-state index in [4.69, 9.17) is 14.2 Å². The number of carbonyl (C=O) groups excluding carboxylic acids is 1. The lowest BCUT2D eigenvalue weighted by Gasteiger charge is -2.19. The molecule has 1 aromatic rings. The van der Waals surface area contributed by atoms with Crippen LogP contribution in [0.2, 0.25) is 0 Å². The van der Waals surface area contributed by atoms with Crippen LogP contribution in [0, 0.1) is 11.8 Å². The predicted octanol–water partition coefficient (Wildman–Crippen LogP) is 3.33. The lowest BCUT2D eigenvalue weighted by Crippen LogP contribution is -2.18. The summed E-state index contributed by atoms with van der Waals surface area (Å²) < 4.78 is 16.0. The number of ether oxygens (including phenoxy) is 3. The van der Waals surface area contributed by atoms with Crippen LogP contribution in [-0.4, -0.2) is 27.1 Å². The Morgan fingerprint density at radius 2 is 1.75 bits per heavy atom. The van der Waals surface area contributed by atoms with E-state index in [2.05, 4.69) is 6.92 Å². The highest BCUT2D eigenvalue weighted by molar-refractivity contribution is 6.01. The van der Waals surface area contributed by atoms with Crippen molar-refractivity contribution >= 4 is 5.78 Å². The maximum Gasteiger partial charge on any atom is 0.204 e. The molecular formula is C16H22O4. The van der Waals surface area contributed by atoms with Crippen LogP contribution in [-0.2, 0) is 0 Å².